The fraction of sp³-hybridized carbons (Fsp3) is 0.562. The summed E-state index contributed by atoms with van der Waals surface area (Å²) in [5.74, 6) is 0.960. The van der Waals surface area contributed by atoms with Crippen LogP contribution in [0.2, 0.25) is 0 Å². The van der Waals surface area contributed by atoms with Crippen molar-refractivity contribution in [1.82, 2.24) is 4.90 Å². The van der Waals surface area contributed by atoms with E-state index in [0.29, 0.717) is 13.0 Å². The Balaban J connectivity index is 1.78. The van der Waals surface area contributed by atoms with Crippen LogP contribution in [-0.4, -0.2) is 36.5 Å². The predicted molar refractivity (Wildman–Crippen MR) is 79.5 cm³/mol. The summed E-state index contributed by atoms with van der Waals surface area (Å²) in [4.78, 5) is 14.1. The number of hydrogen-bond donors (Lipinski definition) is 1. The molecule has 1 aliphatic rings. The van der Waals surface area contributed by atoms with Gasteiger partial charge in [0.2, 0.25) is 5.91 Å². The number of carbonyl (C=O) groups is 1. The molecule has 2 rings (SSSR count). The van der Waals surface area contributed by atoms with Crippen LogP contribution >= 0.6 is 0 Å². The van der Waals surface area contributed by atoms with Gasteiger partial charge in [-0.25, -0.2) is 0 Å². The molecule has 1 saturated heterocycles. The van der Waals surface area contributed by atoms with Crippen LogP contribution in [0, 0.1) is 5.41 Å². The summed E-state index contributed by atoms with van der Waals surface area (Å²) in [5, 5.41) is 0. The molecule has 0 aromatic heterocycles. The Kier molecular flexibility index (Phi) is 4.65. The van der Waals surface area contributed by atoms with Gasteiger partial charge in [0.15, 0.2) is 0 Å². The first kappa shape index (κ1) is 14.9. The molecule has 1 amide bonds. The van der Waals surface area contributed by atoms with Crippen molar-refractivity contribution >= 4 is 5.91 Å². The van der Waals surface area contributed by atoms with Crippen molar-refractivity contribution in [3.8, 4) is 5.75 Å². The normalized spacial score (nSPS) is 21.6. The number of nitrogens with two attached hydrogens (primary N) is 1. The van der Waals surface area contributed by atoms with Crippen LogP contribution in [0.15, 0.2) is 30.3 Å². The van der Waals surface area contributed by atoms with Gasteiger partial charge in [0.05, 0.1) is 13.0 Å². The van der Waals surface area contributed by atoms with Crippen molar-refractivity contribution in [3.63, 3.8) is 0 Å². The zero-order valence-electron chi connectivity index (χ0n) is 12.3. The molecule has 1 unspecified atom stereocenters. The van der Waals surface area contributed by atoms with Gasteiger partial charge in [0.1, 0.15) is 5.75 Å². The highest BCUT2D eigenvalue weighted by molar-refractivity contribution is 5.76. The van der Waals surface area contributed by atoms with Gasteiger partial charge in [-0.05, 0) is 24.0 Å². The minimum atomic E-state index is -0.00576. The molecule has 1 aromatic carbocycles. The summed E-state index contributed by atoms with van der Waals surface area (Å²) < 4.78 is 5.57. The average Bonchev–Trinajstić information content (AvgIpc) is 2.43. The third-order valence-corrected chi connectivity index (χ3v) is 3.99. The number of piperidine rings is 1. The largest absolute Gasteiger partial charge is 0.493 e. The lowest BCUT2D eigenvalue weighted by atomic mass is 9.79. The highest BCUT2D eigenvalue weighted by Crippen LogP contribution is 2.27. The number of hydrogen-bond acceptors (Lipinski definition) is 3. The molecule has 0 bridgehead atoms. The number of amides is 1. The van der Waals surface area contributed by atoms with E-state index in [1.54, 1.807) is 0 Å². The smallest absolute Gasteiger partial charge is 0.226 e. The first-order valence-corrected chi connectivity index (χ1v) is 7.20. The number of para-hydroxylation sites is 1. The van der Waals surface area contributed by atoms with E-state index in [0.717, 1.165) is 25.3 Å². The Hall–Kier alpha value is -1.55. The summed E-state index contributed by atoms with van der Waals surface area (Å²) in [5.41, 5.74) is 6.08. The van der Waals surface area contributed by atoms with Crippen molar-refractivity contribution < 1.29 is 9.53 Å². The van der Waals surface area contributed by atoms with Gasteiger partial charge in [-0.3, -0.25) is 4.79 Å². The first-order chi connectivity index (χ1) is 9.49. The molecule has 1 aliphatic heterocycles. The molecule has 0 aliphatic carbocycles. The van der Waals surface area contributed by atoms with E-state index in [9.17, 15) is 4.79 Å². The molecular formula is C16H24N2O2. The van der Waals surface area contributed by atoms with E-state index in [1.807, 2.05) is 35.2 Å². The van der Waals surface area contributed by atoms with Crippen LogP contribution in [-0.2, 0) is 4.79 Å². The van der Waals surface area contributed by atoms with E-state index >= 15 is 0 Å². The molecule has 1 heterocycles. The van der Waals surface area contributed by atoms with Crippen LogP contribution in [0.3, 0.4) is 0 Å². The van der Waals surface area contributed by atoms with Crippen LogP contribution in [0.25, 0.3) is 0 Å². The van der Waals surface area contributed by atoms with E-state index in [-0.39, 0.29) is 17.4 Å². The highest BCUT2D eigenvalue weighted by atomic mass is 16.5. The number of carbonyl (C=O) groups excluding carboxylic acids is 1. The second-order valence-electron chi connectivity index (χ2n) is 6.11. The molecule has 4 heteroatoms. The quantitative estimate of drug-likeness (QED) is 0.915. The zero-order valence-corrected chi connectivity index (χ0v) is 12.3. The lowest BCUT2D eigenvalue weighted by Crippen LogP contribution is -2.54. The van der Waals surface area contributed by atoms with Crippen molar-refractivity contribution in [2.75, 3.05) is 19.7 Å². The lowest BCUT2D eigenvalue weighted by molar-refractivity contribution is -0.135. The van der Waals surface area contributed by atoms with Gasteiger partial charge in [-0.15, -0.1) is 0 Å². The monoisotopic (exact) mass is 276 g/mol. The maximum Gasteiger partial charge on any atom is 0.226 e. The Morgan fingerprint density at radius 1 is 1.40 bits per heavy atom. The van der Waals surface area contributed by atoms with E-state index in [1.165, 1.54) is 0 Å². The maximum atomic E-state index is 12.2. The Labute approximate surface area is 120 Å². The molecule has 1 fully saturated rings. The maximum absolute atomic E-state index is 12.2. The van der Waals surface area contributed by atoms with Crippen LogP contribution < -0.4 is 10.5 Å². The minimum absolute atomic E-state index is 0.00576. The average molecular weight is 276 g/mol. The topological polar surface area (TPSA) is 55.6 Å². The molecular weight excluding hydrogens is 252 g/mol. The zero-order chi connectivity index (χ0) is 14.6. The van der Waals surface area contributed by atoms with Crippen LogP contribution in [0.1, 0.15) is 26.7 Å². The summed E-state index contributed by atoms with van der Waals surface area (Å²) in [7, 11) is 0. The summed E-state index contributed by atoms with van der Waals surface area (Å²) in [6.07, 6.45) is 1.29. The predicted octanol–water partition coefficient (Wildman–Crippen LogP) is 2.04. The SMILES string of the molecule is CC1(C)CN(C(=O)CCOc2ccccc2)CCC1N. The number of benzene rings is 1. The first-order valence-electron chi connectivity index (χ1n) is 7.20. The molecule has 1 atom stereocenters. The molecule has 2 N–H and O–H groups in total. The molecule has 110 valence electrons. The molecule has 0 radical (unpaired) electrons. The summed E-state index contributed by atoms with van der Waals surface area (Å²) >= 11 is 0. The molecule has 0 spiro atoms. The van der Waals surface area contributed by atoms with Crippen LogP contribution in [0.4, 0.5) is 0 Å². The molecule has 20 heavy (non-hydrogen) atoms. The Morgan fingerprint density at radius 2 is 2.10 bits per heavy atom. The fourth-order valence-corrected chi connectivity index (χ4v) is 2.52. The summed E-state index contributed by atoms with van der Waals surface area (Å²) in [6.45, 7) is 6.16. The number of likely N-dealkylation sites (tertiary alicyclic amines) is 1. The van der Waals surface area contributed by atoms with Crippen molar-refractivity contribution in [3.05, 3.63) is 30.3 Å². The second-order valence-corrected chi connectivity index (χ2v) is 6.11. The van der Waals surface area contributed by atoms with Gasteiger partial charge >= 0.3 is 0 Å². The standard InChI is InChI=1S/C16H24N2O2/c1-16(2)12-18(10-8-14(16)17)15(19)9-11-20-13-6-4-3-5-7-13/h3-7,14H,8-12,17H2,1-2H3. The lowest BCUT2D eigenvalue weighted by Gasteiger charge is -2.42. The molecule has 0 saturated carbocycles. The van der Waals surface area contributed by atoms with Gasteiger partial charge in [0, 0.05) is 19.1 Å². The number of ether oxygens (including phenoxy) is 1. The van der Waals surface area contributed by atoms with E-state index in [2.05, 4.69) is 13.8 Å². The van der Waals surface area contributed by atoms with Gasteiger partial charge in [-0.1, -0.05) is 32.0 Å². The van der Waals surface area contributed by atoms with Crippen molar-refractivity contribution in [2.45, 2.75) is 32.7 Å². The minimum Gasteiger partial charge on any atom is -0.493 e. The van der Waals surface area contributed by atoms with E-state index < -0.39 is 0 Å². The van der Waals surface area contributed by atoms with Gasteiger partial charge in [-0.2, -0.15) is 0 Å². The van der Waals surface area contributed by atoms with Gasteiger partial charge in [0.25, 0.3) is 0 Å². The third-order valence-electron chi connectivity index (χ3n) is 3.99. The van der Waals surface area contributed by atoms with Gasteiger partial charge < -0.3 is 15.4 Å². The summed E-state index contributed by atoms with van der Waals surface area (Å²) in [6, 6.07) is 9.75. The van der Waals surface area contributed by atoms with Crippen molar-refractivity contribution in [2.24, 2.45) is 11.1 Å². The third kappa shape index (κ3) is 3.73. The van der Waals surface area contributed by atoms with Crippen molar-refractivity contribution in [1.29, 1.82) is 0 Å². The number of rotatable bonds is 4. The molecule has 1 aromatic rings. The second kappa shape index (κ2) is 6.27. The highest BCUT2D eigenvalue weighted by Gasteiger charge is 2.35. The Bertz CT molecular complexity index is 445. The molecule has 4 nitrogen and oxygen atoms in total. The fourth-order valence-electron chi connectivity index (χ4n) is 2.52. The van der Waals surface area contributed by atoms with E-state index in [4.69, 9.17) is 10.5 Å². The van der Waals surface area contributed by atoms with Crippen LogP contribution in [0.5, 0.6) is 5.75 Å². The Morgan fingerprint density at radius 3 is 2.75 bits per heavy atom. The number of nitrogens with zero attached hydrogens (tertiary/aromatic N) is 1.